The molecule has 0 radical (unpaired) electrons. The summed E-state index contributed by atoms with van der Waals surface area (Å²) in [4.78, 5) is 6.07. The van der Waals surface area contributed by atoms with Gasteiger partial charge in [-0.25, -0.2) is 0 Å². The first-order chi connectivity index (χ1) is 9.72. The first kappa shape index (κ1) is 12.2. The lowest BCUT2D eigenvalue weighted by atomic mass is 10.2. The number of aromatic amines is 2. The third-order valence-corrected chi connectivity index (χ3v) is 3.07. The lowest BCUT2D eigenvalue weighted by Crippen LogP contribution is -1.65. The highest BCUT2D eigenvalue weighted by Gasteiger charge is 1.93. The minimum atomic E-state index is 0.312. The van der Waals surface area contributed by atoms with Gasteiger partial charge in [-0.3, -0.25) is 0 Å². The van der Waals surface area contributed by atoms with Crippen molar-refractivity contribution in [2.24, 2.45) is 0 Å². The van der Waals surface area contributed by atoms with Gasteiger partial charge in [0.05, 0.1) is 0 Å². The summed E-state index contributed by atoms with van der Waals surface area (Å²) in [5.41, 5.74) is 2.11. The fraction of sp³-hybridized carbons (Fsp3) is 0. The van der Waals surface area contributed by atoms with E-state index >= 15 is 0 Å². The number of aromatic nitrogens is 2. The van der Waals surface area contributed by atoms with Crippen molar-refractivity contribution in [1.29, 1.82) is 0 Å². The standard InChI is InChI=1S/2C8H7NO/c2*10-7-1-2-8-6(5-7)3-4-9-8/h2*1-5,9-10H. The zero-order chi connectivity index (χ0) is 13.9. The van der Waals surface area contributed by atoms with E-state index in [2.05, 4.69) is 9.97 Å². The normalized spacial score (nSPS) is 10.4. The van der Waals surface area contributed by atoms with Crippen molar-refractivity contribution in [2.45, 2.75) is 0 Å². The lowest BCUT2D eigenvalue weighted by molar-refractivity contribution is 0.475. The fourth-order valence-corrected chi connectivity index (χ4v) is 2.08. The molecule has 2 aromatic heterocycles. The molecule has 0 saturated heterocycles. The number of phenolic OH excluding ortho intramolecular Hbond substituents is 2. The van der Waals surface area contributed by atoms with Crippen LogP contribution in [-0.4, -0.2) is 20.2 Å². The molecule has 100 valence electrons. The lowest BCUT2D eigenvalue weighted by Gasteiger charge is -1.89. The van der Waals surface area contributed by atoms with Gasteiger partial charge in [0.1, 0.15) is 11.5 Å². The molecule has 0 atom stereocenters. The van der Waals surface area contributed by atoms with Crippen molar-refractivity contribution in [3.8, 4) is 11.5 Å². The van der Waals surface area contributed by atoms with Crippen LogP contribution < -0.4 is 0 Å². The molecule has 0 amide bonds. The van der Waals surface area contributed by atoms with Gasteiger partial charge in [-0.15, -0.1) is 0 Å². The topological polar surface area (TPSA) is 72.0 Å². The van der Waals surface area contributed by atoms with E-state index in [0.29, 0.717) is 11.5 Å². The van der Waals surface area contributed by atoms with Crippen molar-refractivity contribution < 1.29 is 10.2 Å². The summed E-state index contributed by atoms with van der Waals surface area (Å²) in [7, 11) is 0. The Bertz CT molecular complexity index is 774. The second kappa shape index (κ2) is 5.01. The Morgan fingerprint density at radius 1 is 0.600 bits per heavy atom. The van der Waals surface area contributed by atoms with Crippen LogP contribution in [-0.2, 0) is 0 Å². The van der Waals surface area contributed by atoms with Gasteiger partial charge in [0.25, 0.3) is 0 Å². The van der Waals surface area contributed by atoms with E-state index in [4.69, 9.17) is 10.2 Å². The molecule has 2 heterocycles. The quantitative estimate of drug-likeness (QED) is 0.391. The van der Waals surface area contributed by atoms with Crippen LogP contribution in [0.1, 0.15) is 0 Å². The predicted octanol–water partition coefficient (Wildman–Crippen LogP) is 3.75. The van der Waals surface area contributed by atoms with E-state index in [1.54, 1.807) is 24.3 Å². The molecular weight excluding hydrogens is 252 g/mol. The summed E-state index contributed by atoms with van der Waals surface area (Å²) in [5, 5.41) is 20.2. The summed E-state index contributed by atoms with van der Waals surface area (Å²) in [6.07, 6.45) is 3.70. The van der Waals surface area contributed by atoms with Gasteiger partial charge in [0.15, 0.2) is 0 Å². The average Bonchev–Trinajstić information content (AvgIpc) is 3.06. The van der Waals surface area contributed by atoms with Crippen LogP contribution in [0.15, 0.2) is 60.9 Å². The fourth-order valence-electron chi connectivity index (χ4n) is 2.08. The van der Waals surface area contributed by atoms with Crippen LogP contribution in [0.2, 0.25) is 0 Å². The Hall–Kier alpha value is -2.88. The van der Waals surface area contributed by atoms with Gasteiger partial charge in [-0.2, -0.15) is 0 Å². The molecule has 4 rings (SSSR count). The van der Waals surface area contributed by atoms with Crippen LogP contribution in [0, 0.1) is 0 Å². The molecule has 0 saturated carbocycles. The van der Waals surface area contributed by atoms with Gasteiger partial charge >= 0.3 is 0 Å². The minimum absolute atomic E-state index is 0.312. The van der Waals surface area contributed by atoms with Crippen molar-refractivity contribution >= 4 is 21.8 Å². The molecule has 0 spiro atoms. The number of rotatable bonds is 0. The van der Waals surface area contributed by atoms with Gasteiger partial charge in [0, 0.05) is 34.2 Å². The molecular formula is C16H14N2O2. The van der Waals surface area contributed by atoms with E-state index < -0.39 is 0 Å². The van der Waals surface area contributed by atoms with Crippen LogP contribution in [0.25, 0.3) is 21.8 Å². The van der Waals surface area contributed by atoms with E-state index in [1.807, 2.05) is 36.7 Å². The number of aromatic hydroxyl groups is 2. The van der Waals surface area contributed by atoms with Gasteiger partial charge < -0.3 is 20.2 Å². The SMILES string of the molecule is Oc1ccc2[nH]ccc2c1.Oc1ccc2[nH]ccc2c1. The molecule has 0 bridgehead atoms. The van der Waals surface area contributed by atoms with Crippen LogP contribution in [0.5, 0.6) is 11.5 Å². The van der Waals surface area contributed by atoms with Gasteiger partial charge in [0.2, 0.25) is 0 Å². The molecule has 0 unspecified atom stereocenters. The Balaban J connectivity index is 0.000000121. The van der Waals surface area contributed by atoms with Crippen molar-refractivity contribution in [2.75, 3.05) is 0 Å². The number of H-pyrrole nitrogens is 2. The molecule has 0 aliphatic heterocycles. The monoisotopic (exact) mass is 266 g/mol. The maximum atomic E-state index is 9.03. The molecule has 4 nitrogen and oxygen atoms in total. The number of fused-ring (bicyclic) bond motifs is 2. The summed E-state index contributed by atoms with van der Waals surface area (Å²) in [6.45, 7) is 0. The van der Waals surface area contributed by atoms with Crippen molar-refractivity contribution in [3.05, 3.63) is 60.9 Å². The zero-order valence-electron chi connectivity index (χ0n) is 10.7. The second-order valence-electron chi connectivity index (χ2n) is 4.50. The maximum absolute atomic E-state index is 9.03. The Morgan fingerprint density at radius 3 is 1.50 bits per heavy atom. The first-order valence-corrected chi connectivity index (χ1v) is 6.24. The summed E-state index contributed by atoms with van der Waals surface area (Å²) in [6, 6.07) is 14.3. The zero-order valence-corrected chi connectivity index (χ0v) is 10.7. The van der Waals surface area contributed by atoms with Crippen LogP contribution in [0.3, 0.4) is 0 Å². The highest BCUT2D eigenvalue weighted by molar-refractivity contribution is 5.81. The average molecular weight is 266 g/mol. The van der Waals surface area contributed by atoms with Gasteiger partial charge in [-0.05, 0) is 48.5 Å². The molecule has 2 aromatic carbocycles. The van der Waals surface area contributed by atoms with Gasteiger partial charge in [-0.1, -0.05) is 0 Å². The third kappa shape index (κ3) is 2.44. The molecule has 4 N–H and O–H groups in total. The molecule has 4 aromatic rings. The Labute approximate surface area is 115 Å². The molecule has 0 aliphatic carbocycles. The summed E-state index contributed by atoms with van der Waals surface area (Å²) >= 11 is 0. The van der Waals surface area contributed by atoms with E-state index in [0.717, 1.165) is 21.8 Å². The molecule has 20 heavy (non-hydrogen) atoms. The van der Waals surface area contributed by atoms with Crippen molar-refractivity contribution in [3.63, 3.8) is 0 Å². The smallest absolute Gasteiger partial charge is 0.116 e. The van der Waals surface area contributed by atoms with Crippen LogP contribution in [0.4, 0.5) is 0 Å². The van der Waals surface area contributed by atoms with Crippen LogP contribution >= 0.6 is 0 Å². The summed E-state index contributed by atoms with van der Waals surface area (Å²) in [5.74, 6) is 0.624. The molecule has 4 heteroatoms. The van der Waals surface area contributed by atoms with E-state index in [9.17, 15) is 0 Å². The molecule has 0 fully saturated rings. The Morgan fingerprint density at radius 2 is 1.05 bits per heavy atom. The highest BCUT2D eigenvalue weighted by atomic mass is 16.3. The largest absolute Gasteiger partial charge is 0.508 e. The maximum Gasteiger partial charge on any atom is 0.116 e. The highest BCUT2D eigenvalue weighted by Crippen LogP contribution is 2.18. The Kier molecular flexibility index (Phi) is 3.05. The number of nitrogens with one attached hydrogen (secondary N) is 2. The number of phenols is 2. The number of hydrogen-bond donors (Lipinski definition) is 4. The minimum Gasteiger partial charge on any atom is -0.508 e. The molecule has 0 aliphatic rings. The number of hydrogen-bond acceptors (Lipinski definition) is 2. The third-order valence-electron chi connectivity index (χ3n) is 3.07. The van der Waals surface area contributed by atoms with E-state index in [-0.39, 0.29) is 0 Å². The predicted molar refractivity (Wildman–Crippen MR) is 79.9 cm³/mol. The van der Waals surface area contributed by atoms with Crippen molar-refractivity contribution in [1.82, 2.24) is 9.97 Å². The number of benzene rings is 2. The van der Waals surface area contributed by atoms with E-state index in [1.165, 1.54) is 0 Å². The first-order valence-electron chi connectivity index (χ1n) is 6.24. The second-order valence-corrected chi connectivity index (χ2v) is 4.50. The summed E-state index contributed by atoms with van der Waals surface area (Å²) < 4.78 is 0.